The van der Waals surface area contributed by atoms with Crippen LogP contribution in [-0.4, -0.2) is 12.3 Å². The van der Waals surface area contributed by atoms with Crippen LogP contribution in [0.4, 0.5) is 45.5 Å². The zero-order valence-corrected chi connectivity index (χ0v) is 61.3. The summed E-state index contributed by atoms with van der Waals surface area (Å²) in [7, 11) is 0. The molecule has 4 heteroatoms. The van der Waals surface area contributed by atoms with E-state index in [1.807, 2.05) is 0 Å². The van der Waals surface area contributed by atoms with E-state index in [9.17, 15) is 0 Å². The molecule has 0 aromatic heterocycles. The van der Waals surface area contributed by atoms with Crippen molar-refractivity contribution in [1.29, 1.82) is 0 Å². The molecule has 2 unspecified atom stereocenters. The molecule has 3 nitrogen and oxygen atoms in total. The second kappa shape index (κ2) is 19.8. The minimum atomic E-state index is -0.257. The molecule has 95 heavy (non-hydrogen) atoms. The molecule has 16 rings (SSSR count). The molecule has 2 atom stereocenters. The van der Waals surface area contributed by atoms with Gasteiger partial charge >= 0.3 is 0 Å². The fourth-order valence-corrected chi connectivity index (χ4v) is 20.9. The van der Waals surface area contributed by atoms with Gasteiger partial charge in [0.2, 0.25) is 0 Å². The van der Waals surface area contributed by atoms with E-state index < -0.39 is 0 Å². The fourth-order valence-electron chi connectivity index (χ4n) is 20.9. The maximum Gasteiger partial charge on any atom is 0.252 e. The molecule has 1 saturated carbocycles. The molecule has 0 amide bonds. The van der Waals surface area contributed by atoms with Crippen LogP contribution < -0.4 is 31.1 Å². The molecular formula is C91H102BN3. The van der Waals surface area contributed by atoms with Gasteiger partial charge in [-0.2, -0.15) is 0 Å². The van der Waals surface area contributed by atoms with E-state index in [1.54, 1.807) is 0 Å². The summed E-state index contributed by atoms with van der Waals surface area (Å²) in [5, 5.41) is 0. The summed E-state index contributed by atoms with van der Waals surface area (Å²) >= 11 is 0. The first-order valence-corrected chi connectivity index (χ1v) is 36.2. The minimum Gasteiger partial charge on any atom is -0.334 e. The van der Waals surface area contributed by atoms with E-state index in [0.717, 1.165) is 25.7 Å². The molecule has 9 aromatic rings. The van der Waals surface area contributed by atoms with Crippen molar-refractivity contribution in [2.24, 2.45) is 0 Å². The Balaban J connectivity index is 1.06. The van der Waals surface area contributed by atoms with E-state index in [0.29, 0.717) is 0 Å². The molecule has 0 saturated heterocycles. The third-order valence-electron chi connectivity index (χ3n) is 25.8. The van der Waals surface area contributed by atoms with Gasteiger partial charge in [-0.3, -0.25) is 0 Å². The maximum absolute atomic E-state index is 2.90. The molecule has 3 aliphatic heterocycles. The summed E-state index contributed by atoms with van der Waals surface area (Å²) in [4.78, 5) is 8.54. The molecule has 0 N–H and O–H groups in total. The van der Waals surface area contributed by atoms with Crippen molar-refractivity contribution in [3.8, 4) is 22.3 Å². The Morgan fingerprint density at radius 3 is 1.37 bits per heavy atom. The average molecular weight is 1250 g/mol. The fraction of sp³-hybridized carbons (Fsp3) is 0.407. The molecule has 0 radical (unpaired) electrons. The van der Waals surface area contributed by atoms with Crippen molar-refractivity contribution in [2.45, 2.75) is 238 Å². The number of benzene rings is 9. The number of nitrogens with zero attached hydrogens (tertiary/aromatic N) is 3. The van der Waals surface area contributed by atoms with Gasteiger partial charge in [0.15, 0.2) is 0 Å². The molecule has 484 valence electrons. The van der Waals surface area contributed by atoms with Crippen LogP contribution in [0.2, 0.25) is 0 Å². The zero-order chi connectivity index (χ0) is 67.2. The monoisotopic (exact) mass is 1250 g/mol. The van der Waals surface area contributed by atoms with Gasteiger partial charge in [0.25, 0.3) is 6.71 Å². The molecule has 4 aliphatic carbocycles. The van der Waals surface area contributed by atoms with Gasteiger partial charge in [0, 0.05) is 61.6 Å². The van der Waals surface area contributed by atoms with Crippen LogP contribution in [0, 0.1) is 6.92 Å². The summed E-state index contributed by atoms with van der Waals surface area (Å²) in [5.41, 5.74) is 35.8. The van der Waals surface area contributed by atoms with Crippen molar-refractivity contribution in [1.82, 2.24) is 0 Å². The molecule has 0 bridgehead atoms. The molecular weight excluding hydrogens is 1150 g/mol. The second-order valence-corrected chi connectivity index (χ2v) is 36.8. The van der Waals surface area contributed by atoms with Crippen LogP contribution in [0.3, 0.4) is 0 Å². The van der Waals surface area contributed by atoms with Gasteiger partial charge in [0.1, 0.15) is 0 Å². The largest absolute Gasteiger partial charge is 0.334 e. The van der Waals surface area contributed by atoms with E-state index in [1.165, 1.54) is 164 Å². The number of hydrogen-bond acceptors (Lipinski definition) is 3. The lowest BCUT2D eigenvalue weighted by Crippen LogP contribution is -2.62. The lowest BCUT2D eigenvalue weighted by molar-refractivity contribution is 0.195. The molecule has 9 aromatic carbocycles. The predicted octanol–water partition coefficient (Wildman–Crippen LogP) is 22.6. The first-order valence-electron chi connectivity index (χ1n) is 36.2. The maximum atomic E-state index is 2.90. The normalized spacial score (nSPS) is 22.2. The lowest BCUT2D eigenvalue weighted by atomic mass is 9.33. The number of hydrogen-bond donors (Lipinski definition) is 0. The molecule has 7 aliphatic rings. The third-order valence-corrected chi connectivity index (χ3v) is 25.8. The van der Waals surface area contributed by atoms with Gasteiger partial charge < -0.3 is 14.7 Å². The van der Waals surface area contributed by atoms with Gasteiger partial charge in [-0.1, -0.05) is 254 Å². The quantitative estimate of drug-likeness (QED) is 0.159. The first-order chi connectivity index (χ1) is 44.5. The summed E-state index contributed by atoms with van der Waals surface area (Å²) in [6.07, 6.45) is 6.82. The molecule has 0 spiro atoms. The number of anilines is 8. The van der Waals surface area contributed by atoms with E-state index in [4.69, 9.17) is 0 Å². The van der Waals surface area contributed by atoms with E-state index in [2.05, 4.69) is 324 Å². The summed E-state index contributed by atoms with van der Waals surface area (Å²) in [5.74, 6) is 0. The van der Waals surface area contributed by atoms with Crippen LogP contribution in [0.15, 0.2) is 164 Å². The minimum absolute atomic E-state index is 0.0236. The van der Waals surface area contributed by atoms with Crippen LogP contribution in [0.25, 0.3) is 22.3 Å². The van der Waals surface area contributed by atoms with Crippen molar-refractivity contribution >= 4 is 68.6 Å². The highest BCUT2D eigenvalue weighted by atomic mass is 15.3. The first kappa shape index (κ1) is 62.3. The third kappa shape index (κ3) is 8.75. The Morgan fingerprint density at radius 2 is 0.821 bits per heavy atom. The Labute approximate surface area is 570 Å². The summed E-state index contributed by atoms with van der Waals surface area (Å²) < 4.78 is 0. The summed E-state index contributed by atoms with van der Waals surface area (Å²) in [6, 6.07) is 66.9. The van der Waals surface area contributed by atoms with E-state index >= 15 is 0 Å². The van der Waals surface area contributed by atoms with Crippen molar-refractivity contribution in [3.63, 3.8) is 0 Å². The standard InChI is InChI=1S/C91H102BN3/c1-55-43-69-70(89(18,19)64-32-26-25-31-63(64)88(69,16)17)52-76(55)94-78-51-68-66(85(10,11)54-87(68,14)15)49-73(78)92-72-48-65-67(86(12,13)53-84(65,8)9)50-77(72)93(74-40-38-60(83(5,6)7)45-62(74)57-29-23-22-24-30-57)79-46-61(47-80(94)81(79)92)95-75-39-35-58(56-33-36-59(37-34-56)82(2,3)4)44-71(75)90(20)41-27-28-42-91(90,95)21/h22-26,29-40,43-52H,27-28,41-42,53-54H2,1-21H3. The topological polar surface area (TPSA) is 9.72 Å². The number of aryl methyl sites for hydroxylation is 1. The van der Waals surface area contributed by atoms with Crippen molar-refractivity contribution in [2.75, 3.05) is 14.7 Å². The smallest absolute Gasteiger partial charge is 0.252 e. The lowest BCUT2D eigenvalue weighted by Gasteiger charge is -2.51. The Bertz CT molecular complexity index is 4740. The summed E-state index contributed by atoms with van der Waals surface area (Å²) in [6.45, 7) is 51.8. The van der Waals surface area contributed by atoms with Crippen LogP contribution in [0.5, 0.6) is 0 Å². The van der Waals surface area contributed by atoms with Gasteiger partial charge in [0.05, 0.1) is 11.2 Å². The van der Waals surface area contributed by atoms with Gasteiger partial charge in [-0.25, -0.2) is 0 Å². The zero-order valence-electron chi connectivity index (χ0n) is 61.3. The van der Waals surface area contributed by atoms with Gasteiger partial charge in [-0.05, 0) is 226 Å². The SMILES string of the molecule is Cc1cc2c(cc1N1c3cc4c(cc3B3c5cc6c(cc5N(c5ccc(C(C)(C)C)cc5-c5ccccc5)c5cc(N7c8ccc(-c9ccc(C(C)(C)C)cc9)cc8C8(C)CCCCC78C)cc1c53)C(C)(C)CC6(C)C)C(C)(C)CC4(C)C)C(C)(C)c1ccccc1C2(C)C. The highest BCUT2D eigenvalue weighted by molar-refractivity contribution is 7.00. The van der Waals surface area contributed by atoms with Crippen LogP contribution >= 0.6 is 0 Å². The molecule has 3 heterocycles. The Hall–Kier alpha value is -7.56. The highest BCUT2D eigenvalue weighted by Crippen LogP contribution is 2.64. The highest BCUT2D eigenvalue weighted by Gasteiger charge is 2.59. The van der Waals surface area contributed by atoms with Crippen LogP contribution in [0.1, 0.15) is 244 Å². The van der Waals surface area contributed by atoms with E-state index in [-0.39, 0.29) is 61.0 Å². The Morgan fingerprint density at radius 1 is 0.358 bits per heavy atom. The van der Waals surface area contributed by atoms with Crippen LogP contribution in [-0.2, 0) is 48.7 Å². The average Bonchev–Trinajstić information content (AvgIpc) is 0.731. The predicted molar refractivity (Wildman–Crippen MR) is 408 cm³/mol. The molecule has 1 fully saturated rings. The van der Waals surface area contributed by atoms with Gasteiger partial charge in [-0.15, -0.1) is 0 Å². The Kier molecular flexibility index (Phi) is 13.0. The van der Waals surface area contributed by atoms with Crippen molar-refractivity contribution < 1.29 is 0 Å². The number of rotatable bonds is 5. The van der Waals surface area contributed by atoms with Crippen molar-refractivity contribution in [3.05, 3.63) is 231 Å². The number of fused-ring (bicyclic) bond motifs is 11. The second-order valence-electron chi connectivity index (χ2n) is 36.8.